The number of benzene rings is 1. The lowest BCUT2D eigenvalue weighted by Crippen LogP contribution is -2.02. The minimum Gasteiger partial charge on any atom is -0.248 e. The van der Waals surface area contributed by atoms with Crippen LogP contribution in [0.5, 0.6) is 0 Å². The van der Waals surface area contributed by atoms with Crippen molar-refractivity contribution in [1.29, 1.82) is 0 Å². The molecule has 156 valence electrons. The summed E-state index contributed by atoms with van der Waals surface area (Å²) in [6, 6.07) is 8.88. The van der Waals surface area contributed by atoms with Gasteiger partial charge >= 0.3 is 0 Å². The summed E-state index contributed by atoms with van der Waals surface area (Å²) in [6.07, 6.45) is 12.6. The van der Waals surface area contributed by atoms with Gasteiger partial charge in [0.15, 0.2) is 0 Å². The van der Waals surface area contributed by atoms with E-state index in [0.29, 0.717) is 12.3 Å². The van der Waals surface area contributed by atoms with E-state index < -0.39 is 6.17 Å². The second-order valence-corrected chi connectivity index (χ2v) is 8.67. The zero-order valence-corrected chi connectivity index (χ0v) is 19.3. The molecule has 0 bridgehead atoms. The van der Waals surface area contributed by atoms with Crippen molar-refractivity contribution < 1.29 is 4.39 Å². The number of aryl methyl sites for hydroxylation is 2. The van der Waals surface area contributed by atoms with Crippen LogP contribution in [0, 0.1) is 5.92 Å². The molecular formula is C25H43FS. The van der Waals surface area contributed by atoms with E-state index in [4.69, 9.17) is 0 Å². The van der Waals surface area contributed by atoms with Crippen LogP contribution >= 0.6 is 11.8 Å². The third-order valence-corrected chi connectivity index (χ3v) is 5.52. The van der Waals surface area contributed by atoms with Gasteiger partial charge < -0.3 is 0 Å². The fourth-order valence-corrected chi connectivity index (χ4v) is 3.74. The van der Waals surface area contributed by atoms with Crippen molar-refractivity contribution in [2.24, 2.45) is 5.92 Å². The van der Waals surface area contributed by atoms with Gasteiger partial charge in [-0.1, -0.05) is 77.0 Å². The molecule has 0 heterocycles. The molecule has 0 aliphatic rings. The first-order chi connectivity index (χ1) is 13.1. The third-order valence-electron chi connectivity index (χ3n) is 4.54. The average molecular weight is 395 g/mol. The largest absolute Gasteiger partial charge is 0.248 e. The summed E-state index contributed by atoms with van der Waals surface area (Å²) in [5.74, 6) is 3.02. The molecule has 2 atom stereocenters. The minimum absolute atomic E-state index is 0.390. The Morgan fingerprint density at radius 2 is 1.74 bits per heavy atom. The Bertz CT molecular complexity index is 463. The maximum absolute atomic E-state index is 13.0. The molecule has 0 saturated carbocycles. The van der Waals surface area contributed by atoms with E-state index in [9.17, 15) is 4.39 Å². The molecule has 1 rings (SSSR count). The lowest BCUT2D eigenvalue weighted by molar-refractivity contribution is 0.306. The highest BCUT2D eigenvalue weighted by Gasteiger charge is 2.06. The highest BCUT2D eigenvalue weighted by Crippen LogP contribution is 2.16. The maximum Gasteiger partial charge on any atom is 0.0979 e. The molecule has 1 aromatic carbocycles. The standard InChI is InChI=1S/C19H29F.C6H14S/c1-4-9-18-12-8-13-19(15-18)11-7-6-10-17(5-2)14-16(3)20;1-3-5-6-7-4-2/h6,8,10,12-13,15-17H,4-5,7,9,11,14H2,1-3H3;3-6H2,1-2H3/b10-6+;. The van der Waals surface area contributed by atoms with E-state index in [1.165, 1.54) is 41.9 Å². The van der Waals surface area contributed by atoms with Gasteiger partial charge in [0, 0.05) is 0 Å². The molecule has 0 aliphatic carbocycles. The number of unbranched alkanes of at least 4 members (excludes halogenated alkanes) is 1. The molecule has 0 saturated heterocycles. The number of rotatable bonds is 13. The SMILES string of the molecule is CCCCSCC.CCCc1cccc(CC/C=C/C(CC)CC(C)F)c1. The van der Waals surface area contributed by atoms with Crippen LogP contribution in [0.4, 0.5) is 4.39 Å². The van der Waals surface area contributed by atoms with Crippen molar-refractivity contribution in [2.75, 3.05) is 11.5 Å². The van der Waals surface area contributed by atoms with Gasteiger partial charge in [-0.25, -0.2) is 4.39 Å². The molecule has 1 aromatic rings. The summed E-state index contributed by atoms with van der Waals surface area (Å²) in [4.78, 5) is 0. The van der Waals surface area contributed by atoms with E-state index >= 15 is 0 Å². The Labute approximate surface area is 173 Å². The molecule has 0 nitrogen and oxygen atoms in total. The smallest absolute Gasteiger partial charge is 0.0979 e. The molecule has 0 radical (unpaired) electrons. The normalized spacial score (nSPS) is 13.3. The fourth-order valence-electron chi connectivity index (χ4n) is 2.96. The van der Waals surface area contributed by atoms with E-state index in [2.05, 4.69) is 64.1 Å². The summed E-state index contributed by atoms with van der Waals surface area (Å²) < 4.78 is 13.0. The first-order valence-corrected chi connectivity index (χ1v) is 12.2. The fraction of sp³-hybridized carbons (Fsp3) is 0.680. The van der Waals surface area contributed by atoms with Crippen LogP contribution in [0.3, 0.4) is 0 Å². The molecule has 2 unspecified atom stereocenters. The van der Waals surface area contributed by atoms with Crippen LogP contribution in [-0.2, 0) is 12.8 Å². The first-order valence-electron chi connectivity index (χ1n) is 11.0. The predicted octanol–water partition coefficient (Wildman–Crippen LogP) is 8.44. The zero-order valence-electron chi connectivity index (χ0n) is 18.5. The number of allylic oxidation sites excluding steroid dienone is 2. The highest BCUT2D eigenvalue weighted by molar-refractivity contribution is 7.99. The van der Waals surface area contributed by atoms with E-state index in [-0.39, 0.29) is 0 Å². The zero-order chi connectivity index (χ0) is 20.3. The second-order valence-electron chi connectivity index (χ2n) is 7.27. The molecule has 0 aliphatic heterocycles. The average Bonchev–Trinajstić information content (AvgIpc) is 2.65. The van der Waals surface area contributed by atoms with E-state index in [0.717, 1.165) is 25.7 Å². The Kier molecular flexibility index (Phi) is 18.1. The van der Waals surface area contributed by atoms with Crippen molar-refractivity contribution in [2.45, 2.75) is 92.2 Å². The molecule has 2 heteroatoms. The number of hydrogen-bond acceptors (Lipinski definition) is 1. The Balaban J connectivity index is 0.000000821. The quantitative estimate of drug-likeness (QED) is 0.239. The summed E-state index contributed by atoms with van der Waals surface area (Å²) in [6.45, 7) is 10.4. The van der Waals surface area contributed by atoms with Gasteiger partial charge in [0.2, 0.25) is 0 Å². The lowest BCUT2D eigenvalue weighted by atomic mass is 9.98. The molecular weight excluding hydrogens is 351 g/mol. The summed E-state index contributed by atoms with van der Waals surface area (Å²) in [5.41, 5.74) is 2.85. The summed E-state index contributed by atoms with van der Waals surface area (Å²) in [5, 5.41) is 0. The summed E-state index contributed by atoms with van der Waals surface area (Å²) >= 11 is 2.03. The van der Waals surface area contributed by atoms with Gasteiger partial charge in [-0.15, -0.1) is 0 Å². The van der Waals surface area contributed by atoms with Crippen molar-refractivity contribution in [1.82, 2.24) is 0 Å². The van der Waals surface area contributed by atoms with Crippen molar-refractivity contribution in [3.8, 4) is 0 Å². The van der Waals surface area contributed by atoms with Crippen LogP contribution in [0.25, 0.3) is 0 Å². The Morgan fingerprint density at radius 1 is 1.04 bits per heavy atom. The highest BCUT2D eigenvalue weighted by atomic mass is 32.2. The molecule has 0 fully saturated rings. The van der Waals surface area contributed by atoms with Crippen molar-refractivity contribution in [3.05, 3.63) is 47.5 Å². The second kappa shape index (κ2) is 18.6. The Hall–Kier alpha value is -0.760. The number of thioether (sulfide) groups is 1. The van der Waals surface area contributed by atoms with E-state index in [1.54, 1.807) is 6.92 Å². The van der Waals surface area contributed by atoms with Gasteiger partial charge in [0.05, 0.1) is 6.17 Å². The first kappa shape index (κ1) is 26.2. The lowest BCUT2D eigenvalue weighted by Gasteiger charge is -2.10. The number of alkyl halides is 1. The molecule has 0 spiro atoms. The topological polar surface area (TPSA) is 0 Å². The van der Waals surface area contributed by atoms with Gasteiger partial charge in [-0.3, -0.25) is 0 Å². The minimum atomic E-state index is -0.699. The summed E-state index contributed by atoms with van der Waals surface area (Å²) in [7, 11) is 0. The van der Waals surface area contributed by atoms with E-state index in [1.807, 2.05) is 11.8 Å². The molecule has 0 N–H and O–H groups in total. The maximum atomic E-state index is 13.0. The number of hydrogen-bond donors (Lipinski definition) is 0. The van der Waals surface area contributed by atoms with Crippen LogP contribution in [0.2, 0.25) is 0 Å². The van der Waals surface area contributed by atoms with Crippen molar-refractivity contribution >= 4 is 11.8 Å². The van der Waals surface area contributed by atoms with Crippen LogP contribution in [0.15, 0.2) is 36.4 Å². The van der Waals surface area contributed by atoms with Crippen LogP contribution in [-0.4, -0.2) is 17.7 Å². The monoisotopic (exact) mass is 394 g/mol. The molecule has 27 heavy (non-hydrogen) atoms. The van der Waals surface area contributed by atoms with Crippen LogP contribution in [0.1, 0.15) is 84.3 Å². The molecule has 0 amide bonds. The van der Waals surface area contributed by atoms with Gasteiger partial charge in [-0.2, -0.15) is 11.8 Å². The third kappa shape index (κ3) is 15.9. The molecule has 0 aromatic heterocycles. The van der Waals surface area contributed by atoms with Gasteiger partial charge in [0.25, 0.3) is 0 Å². The van der Waals surface area contributed by atoms with Gasteiger partial charge in [0.1, 0.15) is 0 Å². The number of halogens is 1. The Morgan fingerprint density at radius 3 is 2.30 bits per heavy atom. The van der Waals surface area contributed by atoms with Gasteiger partial charge in [-0.05, 0) is 74.0 Å². The predicted molar refractivity (Wildman–Crippen MR) is 125 cm³/mol. The van der Waals surface area contributed by atoms with Crippen LogP contribution < -0.4 is 0 Å². The van der Waals surface area contributed by atoms with Crippen molar-refractivity contribution in [3.63, 3.8) is 0 Å².